The summed E-state index contributed by atoms with van der Waals surface area (Å²) < 4.78 is 5.47. The van der Waals surface area contributed by atoms with E-state index in [-0.39, 0.29) is 18.5 Å². The lowest BCUT2D eigenvalue weighted by Crippen LogP contribution is -2.45. The average molecular weight is 846 g/mol. The number of allylic oxidation sites excluding steroid dienone is 3. The molecule has 0 aromatic carbocycles. The molecular formula is C54H103NO5. The summed E-state index contributed by atoms with van der Waals surface area (Å²) in [6, 6.07) is -0.637. The van der Waals surface area contributed by atoms with Gasteiger partial charge in [-0.3, -0.25) is 9.59 Å². The molecule has 0 heterocycles. The van der Waals surface area contributed by atoms with E-state index in [0.717, 1.165) is 64.2 Å². The van der Waals surface area contributed by atoms with Gasteiger partial charge in [0.1, 0.15) is 0 Å². The molecule has 0 fully saturated rings. The van der Waals surface area contributed by atoms with E-state index in [1.54, 1.807) is 6.08 Å². The summed E-state index contributed by atoms with van der Waals surface area (Å²) in [5.74, 6) is -0.0874. The van der Waals surface area contributed by atoms with Crippen molar-refractivity contribution in [1.29, 1.82) is 0 Å². The van der Waals surface area contributed by atoms with E-state index < -0.39 is 12.1 Å². The lowest BCUT2D eigenvalue weighted by molar-refractivity contribution is -0.143. The van der Waals surface area contributed by atoms with Crippen LogP contribution in [0, 0.1) is 0 Å². The Hall–Kier alpha value is -1.66. The first kappa shape index (κ1) is 58.3. The Bertz CT molecular complexity index is 935. The zero-order valence-electron chi connectivity index (χ0n) is 40.2. The number of hydrogen-bond acceptors (Lipinski definition) is 5. The molecule has 6 heteroatoms. The minimum atomic E-state index is -0.852. The maximum Gasteiger partial charge on any atom is 0.305 e. The van der Waals surface area contributed by atoms with Crippen LogP contribution in [0.2, 0.25) is 0 Å². The predicted molar refractivity (Wildman–Crippen MR) is 260 cm³/mol. The molecule has 60 heavy (non-hydrogen) atoms. The highest BCUT2D eigenvalue weighted by Gasteiger charge is 2.18. The van der Waals surface area contributed by atoms with Crippen LogP contribution in [0.5, 0.6) is 0 Å². The van der Waals surface area contributed by atoms with Gasteiger partial charge in [-0.25, -0.2) is 0 Å². The first-order valence-corrected chi connectivity index (χ1v) is 26.6. The molecule has 0 radical (unpaired) electrons. The third-order valence-electron chi connectivity index (χ3n) is 12.2. The largest absolute Gasteiger partial charge is 0.466 e. The maximum absolute atomic E-state index is 12.4. The summed E-state index contributed by atoms with van der Waals surface area (Å²) in [5, 5.41) is 22.9. The summed E-state index contributed by atoms with van der Waals surface area (Å²) >= 11 is 0. The van der Waals surface area contributed by atoms with Crippen molar-refractivity contribution in [3.63, 3.8) is 0 Å². The van der Waals surface area contributed by atoms with E-state index in [4.69, 9.17) is 4.74 Å². The normalized spacial score (nSPS) is 12.8. The molecule has 0 aromatic rings. The van der Waals surface area contributed by atoms with Gasteiger partial charge in [0.2, 0.25) is 5.91 Å². The minimum absolute atomic E-state index is 0.000426. The second-order valence-corrected chi connectivity index (χ2v) is 18.2. The lowest BCUT2D eigenvalue weighted by Gasteiger charge is -2.20. The lowest BCUT2D eigenvalue weighted by atomic mass is 10.0. The van der Waals surface area contributed by atoms with Crippen LogP contribution in [-0.4, -0.2) is 47.4 Å². The van der Waals surface area contributed by atoms with Crippen LogP contribution in [0.4, 0.5) is 0 Å². The molecule has 0 spiro atoms. The molecule has 0 saturated heterocycles. The molecule has 0 aromatic heterocycles. The number of esters is 1. The molecule has 2 atom stereocenters. The average Bonchev–Trinajstić information content (AvgIpc) is 3.25. The van der Waals surface area contributed by atoms with Crippen LogP contribution in [-0.2, 0) is 14.3 Å². The van der Waals surface area contributed by atoms with E-state index in [0.29, 0.717) is 19.4 Å². The summed E-state index contributed by atoms with van der Waals surface area (Å²) in [6.07, 6.45) is 59.0. The van der Waals surface area contributed by atoms with E-state index in [1.807, 2.05) is 6.08 Å². The number of carbonyl (C=O) groups is 2. The Morgan fingerprint density at radius 3 is 1.18 bits per heavy atom. The highest BCUT2D eigenvalue weighted by Crippen LogP contribution is 2.16. The van der Waals surface area contributed by atoms with Crippen molar-refractivity contribution in [2.75, 3.05) is 13.2 Å². The van der Waals surface area contributed by atoms with Crippen molar-refractivity contribution < 1.29 is 24.5 Å². The van der Waals surface area contributed by atoms with Crippen LogP contribution in [0.3, 0.4) is 0 Å². The first-order chi connectivity index (χ1) is 29.5. The molecular weight excluding hydrogens is 743 g/mol. The minimum Gasteiger partial charge on any atom is -0.466 e. The molecule has 0 bridgehead atoms. The number of ether oxygens (including phenoxy) is 1. The van der Waals surface area contributed by atoms with Crippen molar-refractivity contribution in [3.05, 3.63) is 24.3 Å². The Morgan fingerprint density at radius 1 is 0.450 bits per heavy atom. The molecule has 6 nitrogen and oxygen atoms in total. The quantitative estimate of drug-likeness (QED) is 0.0322. The molecule has 0 aliphatic heterocycles. The van der Waals surface area contributed by atoms with Crippen LogP contribution in [0.1, 0.15) is 284 Å². The molecule has 0 saturated carbocycles. The van der Waals surface area contributed by atoms with Crippen LogP contribution in [0.15, 0.2) is 24.3 Å². The van der Waals surface area contributed by atoms with E-state index >= 15 is 0 Å². The highest BCUT2D eigenvalue weighted by atomic mass is 16.5. The van der Waals surface area contributed by atoms with E-state index in [9.17, 15) is 19.8 Å². The van der Waals surface area contributed by atoms with E-state index in [2.05, 4.69) is 31.3 Å². The number of unbranched alkanes of at least 4 members (excludes halogenated alkanes) is 36. The molecule has 1 amide bonds. The van der Waals surface area contributed by atoms with Crippen molar-refractivity contribution in [1.82, 2.24) is 5.32 Å². The van der Waals surface area contributed by atoms with Crippen LogP contribution in [0.25, 0.3) is 0 Å². The molecule has 0 aliphatic carbocycles. The third kappa shape index (κ3) is 45.9. The SMILES string of the molecule is CCCCCCCCCC/C=C/C(O)C(CO)NC(=O)CCCCCCC/C=C\CCCCCCCCCOC(=O)CCCCCCCCCCCCCCCCCCC. The first-order valence-electron chi connectivity index (χ1n) is 26.6. The number of hydrogen-bond donors (Lipinski definition) is 3. The third-order valence-corrected chi connectivity index (χ3v) is 12.2. The number of nitrogens with one attached hydrogen (secondary N) is 1. The number of amides is 1. The van der Waals surface area contributed by atoms with Crippen LogP contribution < -0.4 is 5.32 Å². The van der Waals surface area contributed by atoms with Crippen molar-refractivity contribution in [2.24, 2.45) is 0 Å². The summed E-state index contributed by atoms with van der Waals surface area (Å²) in [6.45, 7) is 4.86. The Kier molecular flexibility index (Phi) is 48.6. The summed E-state index contributed by atoms with van der Waals surface area (Å²) in [7, 11) is 0. The second-order valence-electron chi connectivity index (χ2n) is 18.2. The van der Waals surface area contributed by atoms with Gasteiger partial charge in [0, 0.05) is 12.8 Å². The molecule has 0 rings (SSSR count). The van der Waals surface area contributed by atoms with Gasteiger partial charge in [-0.2, -0.15) is 0 Å². The Morgan fingerprint density at radius 2 is 0.783 bits per heavy atom. The summed E-state index contributed by atoms with van der Waals surface area (Å²) in [4.78, 5) is 24.4. The standard InChI is InChI=1S/C54H103NO5/c1-3-5-7-9-11-13-15-16-17-18-22-25-28-32-36-40-44-48-54(59)60-49-45-41-37-33-29-26-23-20-19-21-24-27-31-35-39-43-47-53(58)55-51(50-56)52(57)46-42-38-34-30-14-12-10-8-6-4-2/h19,21,42,46,51-52,56-57H,3-18,20,22-41,43-45,47-50H2,1-2H3,(H,55,58)/b21-19-,46-42+. The number of rotatable bonds is 49. The van der Waals surface area contributed by atoms with Crippen molar-refractivity contribution in [2.45, 2.75) is 296 Å². The molecule has 3 N–H and O–H groups in total. The van der Waals surface area contributed by atoms with Gasteiger partial charge in [0.25, 0.3) is 0 Å². The zero-order chi connectivity index (χ0) is 43.7. The Labute approximate surface area is 373 Å². The smallest absolute Gasteiger partial charge is 0.305 e. The van der Waals surface area contributed by atoms with Gasteiger partial charge in [0.15, 0.2) is 0 Å². The fourth-order valence-corrected chi connectivity index (χ4v) is 8.10. The zero-order valence-corrected chi connectivity index (χ0v) is 40.2. The highest BCUT2D eigenvalue weighted by molar-refractivity contribution is 5.76. The topological polar surface area (TPSA) is 95.9 Å². The van der Waals surface area contributed by atoms with Crippen molar-refractivity contribution >= 4 is 11.9 Å². The number of aliphatic hydroxyl groups is 2. The predicted octanol–water partition coefficient (Wildman–Crippen LogP) is 15.9. The monoisotopic (exact) mass is 846 g/mol. The van der Waals surface area contributed by atoms with Gasteiger partial charge in [0.05, 0.1) is 25.4 Å². The number of aliphatic hydroxyl groups excluding tert-OH is 2. The Balaban J connectivity index is 3.44. The van der Waals surface area contributed by atoms with Crippen LogP contribution >= 0.6 is 0 Å². The van der Waals surface area contributed by atoms with Gasteiger partial charge in [-0.1, -0.05) is 237 Å². The van der Waals surface area contributed by atoms with Gasteiger partial charge in [-0.15, -0.1) is 0 Å². The van der Waals surface area contributed by atoms with Gasteiger partial charge < -0.3 is 20.3 Å². The second kappa shape index (κ2) is 50.0. The maximum atomic E-state index is 12.4. The number of carbonyl (C=O) groups excluding carboxylic acids is 2. The van der Waals surface area contributed by atoms with Crippen molar-refractivity contribution in [3.8, 4) is 0 Å². The molecule has 0 aliphatic rings. The summed E-state index contributed by atoms with van der Waals surface area (Å²) in [5.41, 5.74) is 0. The fraction of sp³-hybridized carbons (Fsp3) is 0.889. The molecule has 354 valence electrons. The molecule has 2 unspecified atom stereocenters. The fourth-order valence-electron chi connectivity index (χ4n) is 8.10. The van der Waals surface area contributed by atoms with E-state index in [1.165, 1.54) is 193 Å². The van der Waals surface area contributed by atoms with Gasteiger partial charge >= 0.3 is 5.97 Å². The van der Waals surface area contributed by atoms with Gasteiger partial charge in [-0.05, 0) is 57.8 Å².